The smallest absolute Gasteiger partial charge is 0.422 e. The minimum atomic E-state index is -4.50. The zero-order valence-corrected chi connectivity index (χ0v) is 11.3. The Balaban J connectivity index is 2.86. The summed E-state index contributed by atoms with van der Waals surface area (Å²) in [4.78, 5) is 15.2. The number of hydrogen-bond donors (Lipinski definition) is 1. The minimum Gasteiger partial charge on any atom is -0.468 e. The van der Waals surface area contributed by atoms with Crippen LogP contribution < -0.4 is 10.2 Å². The van der Waals surface area contributed by atoms with Crippen molar-refractivity contribution in [3.05, 3.63) is 22.8 Å². The summed E-state index contributed by atoms with van der Waals surface area (Å²) in [7, 11) is 0. The lowest BCUT2D eigenvalue weighted by Crippen LogP contribution is -2.21. The fourth-order valence-electron chi connectivity index (χ4n) is 1.06. The summed E-state index contributed by atoms with van der Waals surface area (Å²) in [6.07, 6.45) is -4.50. The highest BCUT2D eigenvalue weighted by atomic mass is 35.5. The largest absolute Gasteiger partial charge is 0.468 e. The maximum Gasteiger partial charge on any atom is 0.422 e. The van der Waals surface area contributed by atoms with Gasteiger partial charge in [-0.1, -0.05) is 11.6 Å². The normalized spacial score (nSPS) is 10.9. The van der Waals surface area contributed by atoms with E-state index in [1.165, 1.54) is 6.07 Å². The van der Waals surface area contributed by atoms with E-state index in [0.717, 1.165) is 6.07 Å². The molecule has 5 nitrogen and oxygen atoms in total. The zero-order chi connectivity index (χ0) is 15.3. The van der Waals surface area contributed by atoms with Crippen LogP contribution in [0.5, 0.6) is 5.88 Å². The predicted molar refractivity (Wildman–Crippen MR) is 67.0 cm³/mol. The molecule has 0 saturated carbocycles. The molecule has 0 aliphatic carbocycles. The predicted octanol–water partition coefficient (Wildman–Crippen LogP) is 2.80. The van der Waals surface area contributed by atoms with Crippen molar-refractivity contribution in [3.63, 3.8) is 0 Å². The summed E-state index contributed by atoms with van der Waals surface area (Å²) in [6, 6.07) is 2.24. The molecule has 1 rings (SSSR count). The molecular weight excluding hydrogens is 299 g/mol. The first-order valence-corrected chi connectivity index (χ1v) is 5.73. The highest BCUT2D eigenvalue weighted by Crippen LogP contribution is 2.20. The van der Waals surface area contributed by atoms with Crippen LogP contribution in [-0.4, -0.2) is 29.4 Å². The van der Waals surface area contributed by atoms with E-state index in [1.807, 2.05) is 0 Å². The molecule has 0 bridgehead atoms. The number of carbonyl (C=O) groups excluding carboxylic acids is 1. The van der Waals surface area contributed by atoms with Crippen molar-refractivity contribution in [3.8, 4) is 5.88 Å². The van der Waals surface area contributed by atoms with Gasteiger partial charge >= 0.3 is 6.18 Å². The number of aromatic nitrogens is 1. The van der Waals surface area contributed by atoms with E-state index in [1.54, 1.807) is 13.8 Å². The third-order valence-corrected chi connectivity index (χ3v) is 1.99. The Labute approximate surface area is 117 Å². The average Bonchev–Trinajstić information content (AvgIpc) is 2.32. The van der Waals surface area contributed by atoms with Crippen LogP contribution in [0, 0.1) is 0 Å². The van der Waals surface area contributed by atoms with Crippen molar-refractivity contribution in [2.75, 3.05) is 6.61 Å². The molecule has 0 spiro atoms. The van der Waals surface area contributed by atoms with E-state index in [0.29, 0.717) is 5.71 Å². The van der Waals surface area contributed by atoms with Crippen LogP contribution in [0.1, 0.15) is 24.2 Å². The molecule has 0 radical (unpaired) electrons. The van der Waals surface area contributed by atoms with E-state index in [4.69, 9.17) is 11.6 Å². The molecule has 1 N–H and O–H groups in total. The van der Waals surface area contributed by atoms with Crippen LogP contribution in [0.4, 0.5) is 13.2 Å². The number of hydrazone groups is 1. The highest BCUT2D eigenvalue weighted by Gasteiger charge is 2.28. The van der Waals surface area contributed by atoms with Gasteiger partial charge < -0.3 is 4.74 Å². The van der Waals surface area contributed by atoms with Crippen molar-refractivity contribution in [1.82, 2.24) is 10.4 Å². The third kappa shape index (κ3) is 5.87. The SMILES string of the molecule is CC(C)=NNC(=O)c1cc(Cl)nc(OCC(F)(F)F)c1. The first-order valence-electron chi connectivity index (χ1n) is 5.36. The Morgan fingerprint density at radius 3 is 2.65 bits per heavy atom. The lowest BCUT2D eigenvalue weighted by atomic mass is 10.2. The Bertz CT molecular complexity index is 528. The van der Waals surface area contributed by atoms with Gasteiger partial charge in [0, 0.05) is 17.3 Å². The molecule has 110 valence electrons. The summed E-state index contributed by atoms with van der Waals surface area (Å²) in [5.74, 6) is -1.02. The summed E-state index contributed by atoms with van der Waals surface area (Å²) in [5.41, 5.74) is 2.81. The molecule has 1 heterocycles. The highest BCUT2D eigenvalue weighted by molar-refractivity contribution is 6.29. The summed E-state index contributed by atoms with van der Waals surface area (Å²) in [5, 5.41) is 3.52. The Kier molecular flexibility index (Phi) is 5.32. The minimum absolute atomic E-state index is 0.00725. The molecule has 0 saturated heterocycles. The van der Waals surface area contributed by atoms with Gasteiger partial charge in [-0.25, -0.2) is 10.4 Å². The number of nitrogens with one attached hydrogen (secondary N) is 1. The van der Waals surface area contributed by atoms with Gasteiger partial charge in [-0.2, -0.15) is 18.3 Å². The molecule has 0 unspecified atom stereocenters. The number of ether oxygens (including phenoxy) is 1. The van der Waals surface area contributed by atoms with Crippen molar-refractivity contribution < 1.29 is 22.7 Å². The van der Waals surface area contributed by atoms with Crippen molar-refractivity contribution in [2.45, 2.75) is 20.0 Å². The third-order valence-electron chi connectivity index (χ3n) is 1.80. The number of amides is 1. The van der Waals surface area contributed by atoms with Gasteiger partial charge in [0.25, 0.3) is 5.91 Å². The Morgan fingerprint density at radius 1 is 1.45 bits per heavy atom. The van der Waals surface area contributed by atoms with Crippen LogP contribution in [0.15, 0.2) is 17.2 Å². The van der Waals surface area contributed by atoms with Crippen LogP contribution in [0.3, 0.4) is 0 Å². The maximum absolute atomic E-state index is 12.0. The number of pyridine rings is 1. The van der Waals surface area contributed by atoms with Crippen LogP contribution in [0.2, 0.25) is 5.15 Å². The zero-order valence-electron chi connectivity index (χ0n) is 10.6. The first-order chi connectivity index (χ1) is 9.17. The molecule has 0 aliphatic rings. The molecule has 0 fully saturated rings. The average molecular weight is 310 g/mol. The second-order valence-electron chi connectivity index (χ2n) is 3.92. The van der Waals surface area contributed by atoms with Gasteiger partial charge in [-0.3, -0.25) is 4.79 Å². The van der Waals surface area contributed by atoms with Gasteiger partial charge in [-0.15, -0.1) is 0 Å². The van der Waals surface area contributed by atoms with Crippen LogP contribution >= 0.6 is 11.6 Å². The summed E-state index contributed by atoms with van der Waals surface area (Å²) < 4.78 is 40.5. The molecule has 0 aromatic carbocycles. The molecule has 1 amide bonds. The monoisotopic (exact) mass is 309 g/mol. The van der Waals surface area contributed by atoms with Gasteiger partial charge in [-0.05, 0) is 19.9 Å². The molecule has 20 heavy (non-hydrogen) atoms. The maximum atomic E-state index is 12.0. The van der Waals surface area contributed by atoms with E-state index in [9.17, 15) is 18.0 Å². The molecular formula is C11H11ClF3N3O2. The molecule has 1 aromatic rings. The van der Waals surface area contributed by atoms with E-state index >= 15 is 0 Å². The van der Waals surface area contributed by atoms with Gasteiger partial charge in [0.15, 0.2) is 6.61 Å². The first kappa shape index (κ1) is 16.2. The van der Waals surface area contributed by atoms with Gasteiger partial charge in [0.05, 0.1) is 0 Å². The van der Waals surface area contributed by atoms with Gasteiger partial charge in [0.2, 0.25) is 5.88 Å². The topological polar surface area (TPSA) is 63.6 Å². The summed E-state index contributed by atoms with van der Waals surface area (Å²) in [6.45, 7) is 1.81. The fourth-order valence-corrected chi connectivity index (χ4v) is 1.26. The van der Waals surface area contributed by atoms with E-state index in [2.05, 4.69) is 20.2 Å². The van der Waals surface area contributed by atoms with E-state index in [-0.39, 0.29) is 10.7 Å². The van der Waals surface area contributed by atoms with E-state index < -0.39 is 24.6 Å². The quantitative estimate of drug-likeness (QED) is 0.528. The number of hydrogen-bond acceptors (Lipinski definition) is 4. The van der Waals surface area contributed by atoms with Crippen molar-refractivity contribution in [1.29, 1.82) is 0 Å². The number of halogens is 4. The molecule has 9 heteroatoms. The van der Waals surface area contributed by atoms with Crippen molar-refractivity contribution >= 4 is 23.2 Å². The Hall–Kier alpha value is -1.83. The number of carbonyl (C=O) groups is 1. The fraction of sp³-hybridized carbons (Fsp3) is 0.364. The second-order valence-corrected chi connectivity index (χ2v) is 4.31. The lowest BCUT2D eigenvalue weighted by molar-refractivity contribution is -0.154. The summed E-state index contributed by atoms with van der Waals surface area (Å²) >= 11 is 5.62. The standard InChI is InChI=1S/C11H11ClF3N3O2/c1-6(2)17-18-10(19)7-3-8(12)16-9(4-7)20-5-11(13,14)15/h3-4H,5H2,1-2H3,(H,18,19). The molecule has 0 aliphatic heterocycles. The van der Waals surface area contributed by atoms with Crippen LogP contribution in [0.25, 0.3) is 0 Å². The second kappa shape index (κ2) is 6.56. The van der Waals surface area contributed by atoms with Crippen LogP contribution in [-0.2, 0) is 0 Å². The number of alkyl halides is 3. The Morgan fingerprint density at radius 2 is 2.10 bits per heavy atom. The molecule has 0 atom stereocenters. The number of nitrogens with zero attached hydrogens (tertiary/aromatic N) is 2. The van der Waals surface area contributed by atoms with Gasteiger partial charge in [0.1, 0.15) is 5.15 Å². The van der Waals surface area contributed by atoms with Crippen molar-refractivity contribution in [2.24, 2.45) is 5.10 Å². The number of rotatable bonds is 4. The lowest BCUT2D eigenvalue weighted by Gasteiger charge is -2.09. The molecule has 1 aromatic heterocycles.